The van der Waals surface area contributed by atoms with E-state index >= 15 is 0 Å². The molecule has 1 heterocycles. The third-order valence-electron chi connectivity index (χ3n) is 5.26. The zero-order valence-electron chi connectivity index (χ0n) is 14.0. The number of fused-ring (bicyclic) bond motifs is 2. The summed E-state index contributed by atoms with van der Waals surface area (Å²) in [6.45, 7) is 1.96. The van der Waals surface area contributed by atoms with Gasteiger partial charge in [0.15, 0.2) is 11.5 Å². The van der Waals surface area contributed by atoms with Gasteiger partial charge in [0.2, 0.25) is 4.80 Å². The molecular formula is C18H21N3O3S. The van der Waals surface area contributed by atoms with Gasteiger partial charge in [-0.3, -0.25) is 4.99 Å². The Morgan fingerprint density at radius 1 is 1.12 bits per heavy atom. The number of hydrogen-bond donors (Lipinski definition) is 3. The highest BCUT2D eigenvalue weighted by molar-refractivity contribution is 7.07. The summed E-state index contributed by atoms with van der Waals surface area (Å²) in [7, 11) is 0. The van der Waals surface area contributed by atoms with Crippen molar-refractivity contribution in [1.82, 2.24) is 4.68 Å². The maximum absolute atomic E-state index is 9.89. The van der Waals surface area contributed by atoms with E-state index in [1.807, 2.05) is 12.3 Å². The van der Waals surface area contributed by atoms with Crippen LogP contribution in [-0.2, 0) is 0 Å². The highest BCUT2D eigenvalue weighted by Gasteiger charge is 2.39. The van der Waals surface area contributed by atoms with Crippen molar-refractivity contribution >= 4 is 17.6 Å². The van der Waals surface area contributed by atoms with Gasteiger partial charge in [-0.05, 0) is 44.1 Å². The lowest BCUT2D eigenvalue weighted by atomic mass is 9.96. The zero-order chi connectivity index (χ0) is 17.6. The van der Waals surface area contributed by atoms with Gasteiger partial charge >= 0.3 is 0 Å². The van der Waals surface area contributed by atoms with E-state index in [0.717, 1.165) is 22.5 Å². The van der Waals surface area contributed by atoms with E-state index in [-0.39, 0.29) is 17.2 Å². The molecule has 7 heteroatoms. The average Bonchev–Trinajstić information content (AvgIpc) is 3.27. The maximum atomic E-state index is 9.89. The number of thiazole rings is 1. The van der Waals surface area contributed by atoms with E-state index in [2.05, 4.69) is 5.10 Å². The molecule has 132 valence electrons. The highest BCUT2D eigenvalue weighted by atomic mass is 32.1. The normalized spacial score (nSPS) is 26.1. The number of nitrogens with zero attached hydrogens (tertiary/aromatic N) is 3. The van der Waals surface area contributed by atoms with Crippen LogP contribution in [0.4, 0.5) is 0 Å². The first-order valence-electron chi connectivity index (χ1n) is 8.51. The molecule has 1 aromatic heterocycles. The fourth-order valence-electron chi connectivity index (χ4n) is 3.93. The number of aromatic hydroxyl groups is 3. The molecule has 2 bridgehead atoms. The molecule has 4 rings (SSSR count). The summed E-state index contributed by atoms with van der Waals surface area (Å²) in [6.07, 6.45) is 6.59. The van der Waals surface area contributed by atoms with Gasteiger partial charge < -0.3 is 15.3 Å². The lowest BCUT2D eigenvalue weighted by molar-refractivity contribution is 0.396. The van der Waals surface area contributed by atoms with Crippen LogP contribution in [0.15, 0.2) is 27.6 Å². The summed E-state index contributed by atoms with van der Waals surface area (Å²) in [5.74, 6) is 0.759. The van der Waals surface area contributed by atoms with Crippen LogP contribution in [0.3, 0.4) is 0 Å². The van der Waals surface area contributed by atoms with Gasteiger partial charge in [0.1, 0.15) is 5.75 Å². The molecule has 0 aliphatic heterocycles. The molecule has 2 aliphatic rings. The van der Waals surface area contributed by atoms with Gasteiger partial charge in [-0.1, -0.05) is 6.42 Å². The molecule has 3 atom stereocenters. The second-order valence-electron chi connectivity index (χ2n) is 6.99. The molecular weight excluding hydrogens is 338 g/mol. The first kappa shape index (κ1) is 16.2. The maximum Gasteiger partial charge on any atom is 0.206 e. The van der Waals surface area contributed by atoms with Gasteiger partial charge in [0, 0.05) is 17.0 Å². The Morgan fingerprint density at radius 2 is 1.92 bits per heavy atom. The van der Waals surface area contributed by atoms with Crippen LogP contribution in [0.1, 0.15) is 36.9 Å². The molecule has 1 aromatic carbocycles. The van der Waals surface area contributed by atoms with E-state index < -0.39 is 0 Å². The van der Waals surface area contributed by atoms with Crippen molar-refractivity contribution in [2.24, 2.45) is 21.9 Å². The third-order valence-corrected chi connectivity index (χ3v) is 6.21. The van der Waals surface area contributed by atoms with Crippen molar-refractivity contribution < 1.29 is 15.3 Å². The zero-order valence-corrected chi connectivity index (χ0v) is 14.8. The average molecular weight is 359 g/mol. The van der Waals surface area contributed by atoms with E-state index in [4.69, 9.17) is 4.99 Å². The molecule has 0 spiro atoms. The largest absolute Gasteiger partial charge is 0.507 e. The summed E-state index contributed by atoms with van der Waals surface area (Å²) < 4.78 is 1.76. The SMILES string of the molecule is Cc1csc(=NC2CC3CC[C@H]2C3)n1/N=C/c1cc(O)c(O)cc1O. The molecule has 0 saturated heterocycles. The smallest absolute Gasteiger partial charge is 0.206 e. The van der Waals surface area contributed by atoms with E-state index in [0.29, 0.717) is 17.5 Å². The van der Waals surface area contributed by atoms with Crippen molar-refractivity contribution in [3.8, 4) is 17.2 Å². The van der Waals surface area contributed by atoms with Crippen LogP contribution in [0, 0.1) is 18.8 Å². The highest BCUT2D eigenvalue weighted by Crippen LogP contribution is 2.45. The summed E-state index contributed by atoms with van der Waals surface area (Å²) in [4.78, 5) is 5.80. The molecule has 25 heavy (non-hydrogen) atoms. The second-order valence-corrected chi connectivity index (χ2v) is 7.82. The number of phenols is 3. The minimum absolute atomic E-state index is 0.140. The monoisotopic (exact) mass is 359 g/mol. The predicted octanol–water partition coefficient (Wildman–Crippen LogP) is 2.95. The van der Waals surface area contributed by atoms with Gasteiger partial charge in [0.25, 0.3) is 0 Å². The fourth-order valence-corrected chi connectivity index (χ4v) is 4.79. The van der Waals surface area contributed by atoms with Gasteiger partial charge in [-0.2, -0.15) is 5.10 Å². The van der Waals surface area contributed by atoms with Gasteiger partial charge in [-0.25, -0.2) is 4.68 Å². The minimum Gasteiger partial charge on any atom is -0.507 e. The van der Waals surface area contributed by atoms with Crippen LogP contribution in [-0.4, -0.2) is 32.3 Å². The quantitative estimate of drug-likeness (QED) is 0.447. The number of phenolic OH excluding ortho intramolecular Hbond substituents is 3. The van der Waals surface area contributed by atoms with Crippen LogP contribution >= 0.6 is 11.3 Å². The number of benzene rings is 1. The topological polar surface area (TPSA) is 90.3 Å². The van der Waals surface area contributed by atoms with E-state index in [1.165, 1.54) is 38.0 Å². The van der Waals surface area contributed by atoms with Crippen LogP contribution < -0.4 is 4.80 Å². The lowest BCUT2D eigenvalue weighted by Crippen LogP contribution is -2.21. The number of rotatable bonds is 3. The Balaban J connectivity index is 1.65. The molecule has 2 unspecified atom stereocenters. The standard InChI is InChI=1S/C18H21N3O3S/c1-10-9-25-18(20-14-5-11-2-3-12(14)4-11)21(10)19-8-13-6-16(23)17(24)7-15(13)22/h6-9,11-12,14,22-24H,2-5H2,1H3/b19-8+,20-18?/t11?,12-,14?/m0/s1. The van der Waals surface area contributed by atoms with Crippen LogP contribution in [0.25, 0.3) is 0 Å². The Labute approximate surface area is 149 Å². The Bertz CT molecular complexity index is 899. The van der Waals surface area contributed by atoms with E-state index in [1.54, 1.807) is 16.0 Å². The van der Waals surface area contributed by atoms with Crippen LogP contribution in [0.2, 0.25) is 0 Å². The van der Waals surface area contributed by atoms with Crippen molar-refractivity contribution in [3.63, 3.8) is 0 Å². The fraction of sp³-hybridized carbons (Fsp3) is 0.444. The molecule has 2 saturated carbocycles. The second kappa shape index (κ2) is 6.22. The van der Waals surface area contributed by atoms with Crippen molar-refractivity contribution in [2.45, 2.75) is 38.6 Å². The number of aryl methyl sites for hydroxylation is 1. The first-order valence-corrected chi connectivity index (χ1v) is 9.39. The van der Waals surface area contributed by atoms with Crippen molar-refractivity contribution in [2.75, 3.05) is 0 Å². The van der Waals surface area contributed by atoms with E-state index in [9.17, 15) is 15.3 Å². The molecule has 0 radical (unpaired) electrons. The lowest BCUT2D eigenvalue weighted by Gasteiger charge is -2.16. The summed E-state index contributed by atoms with van der Waals surface area (Å²) in [6, 6.07) is 2.77. The summed E-state index contributed by atoms with van der Waals surface area (Å²) in [5, 5.41) is 35.3. The molecule has 2 fully saturated rings. The molecule has 6 nitrogen and oxygen atoms in total. The Hall–Kier alpha value is -2.28. The van der Waals surface area contributed by atoms with Crippen molar-refractivity contribution in [1.29, 1.82) is 0 Å². The predicted molar refractivity (Wildman–Crippen MR) is 96.3 cm³/mol. The Morgan fingerprint density at radius 3 is 2.64 bits per heavy atom. The summed E-state index contributed by atoms with van der Waals surface area (Å²) >= 11 is 1.57. The minimum atomic E-state index is -0.360. The van der Waals surface area contributed by atoms with Gasteiger partial charge in [-0.15, -0.1) is 11.3 Å². The summed E-state index contributed by atoms with van der Waals surface area (Å²) in [5.41, 5.74) is 1.30. The van der Waals surface area contributed by atoms with Crippen molar-refractivity contribution in [3.05, 3.63) is 33.6 Å². The third kappa shape index (κ3) is 3.04. The Kier molecular flexibility index (Phi) is 4.03. The molecule has 2 aromatic rings. The first-order chi connectivity index (χ1) is 12.0. The number of aromatic nitrogens is 1. The molecule has 0 amide bonds. The molecule has 3 N–H and O–H groups in total. The van der Waals surface area contributed by atoms with Crippen LogP contribution in [0.5, 0.6) is 17.2 Å². The molecule has 2 aliphatic carbocycles. The number of hydrogen-bond acceptors (Lipinski definition) is 6. The van der Waals surface area contributed by atoms with Gasteiger partial charge in [0.05, 0.1) is 18.0 Å².